The zero-order valence-corrected chi connectivity index (χ0v) is 11.2. The molecule has 1 aromatic heterocycles. The molecule has 0 spiro atoms. The molecule has 0 fully saturated rings. The maximum Gasteiger partial charge on any atom is 0.294 e. The van der Waals surface area contributed by atoms with Crippen LogP contribution in [0, 0.1) is 0 Å². The second-order valence-corrected chi connectivity index (χ2v) is 4.54. The van der Waals surface area contributed by atoms with Gasteiger partial charge in [-0.25, -0.2) is 0 Å². The first-order valence-electron chi connectivity index (χ1n) is 5.44. The normalized spacial score (nSPS) is 12.6. The van der Waals surface area contributed by atoms with E-state index in [-0.39, 0.29) is 6.10 Å². The second kappa shape index (κ2) is 8.35. The van der Waals surface area contributed by atoms with E-state index in [0.29, 0.717) is 25.0 Å². The minimum atomic E-state index is -0.0118. The summed E-state index contributed by atoms with van der Waals surface area (Å²) in [5.41, 5.74) is 0. The predicted molar refractivity (Wildman–Crippen MR) is 65.5 cm³/mol. The maximum atomic E-state index is 5.53. The van der Waals surface area contributed by atoms with Crippen LogP contribution in [-0.2, 0) is 16.0 Å². The van der Waals surface area contributed by atoms with E-state index >= 15 is 0 Å². The van der Waals surface area contributed by atoms with Gasteiger partial charge in [0.15, 0.2) is 0 Å². The minimum absolute atomic E-state index is 0.0118. The number of hydrogen-bond acceptors (Lipinski definition) is 7. The molecule has 0 saturated carbocycles. The Bertz CT molecular complexity index is 309. The molecule has 7 heteroatoms. The van der Waals surface area contributed by atoms with Crippen molar-refractivity contribution in [2.45, 2.75) is 19.6 Å². The van der Waals surface area contributed by atoms with Gasteiger partial charge >= 0.3 is 0 Å². The fraction of sp³-hybridized carbons (Fsp3) is 0.800. The van der Waals surface area contributed by atoms with E-state index in [0.717, 1.165) is 11.6 Å². The SMILES string of the molecule is COCCNCc1nnc(OC(C)COC)s1. The van der Waals surface area contributed by atoms with Crippen molar-refractivity contribution in [1.29, 1.82) is 0 Å². The van der Waals surface area contributed by atoms with E-state index in [1.54, 1.807) is 14.2 Å². The number of aromatic nitrogens is 2. The molecule has 6 nitrogen and oxygen atoms in total. The summed E-state index contributed by atoms with van der Waals surface area (Å²) in [5.74, 6) is 0. The fourth-order valence-corrected chi connectivity index (χ4v) is 1.92. The third-order valence-electron chi connectivity index (χ3n) is 1.91. The lowest BCUT2D eigenvalue weighted by atomic mass is 10.4. The minimum Gasteiger partial charge on any atom is -0.463 e. The molecule has 1 atom stereocenters. The lowest BCUT2D eigenvalue weighted by Gasteiger charge is -2.09. The lowest BCUT2D eigenvalue weighted by molar-refractivity contribution is 0.0914. The fourth-order valence-electron chi connectivity index (χ4n) is 1.17. The van der Waals surface area contributed by atoms with Crippen molar-refractivity contribution in [3.05, 3.63) is 5.01 Å². The first-order chi connectivity index (χ1) is 8.26. The number of hydrogen-bond donors (Lipinski definition) is 1. The summed E-state index contributed by atoms with van der Waals surface area (Å²) in [4.78, 5) is 0. The molecule has 0 aliphatic heterocycles. The number of rotatable bonds is 9. The highest BCUT2D eigenvalue weighted by Gasteiger charge is 2.08. The van der Waals surface area contributed by atoms with Gasteiger partial charge in [0.25, 0.3) is 5.19 Å². The van der Waals surface area contributed by atoms with Crippen LogP contribution in [0.4, 0.5) is 0 Å². The number of nitrogens with zero attached hydrogens (tertiary/aromatic N) is 2. The molecule has 1 N–H and O–H groups in total. The molecule has 0 radical (unpaired) electrons. The Hall–Kier alpha value is -0.760. The van der Waals surface area contributed by atoms with Crippen LogP contribution in [-0.4, -0.2) is 50.3 Å². The van der Waals surface area contributed by atoms with Gasteiger partial charge < -0.3 is 19.5 Å². The summed E-state index contributed by atoms with van der Waals surface area (Å²) in [6, 6.07) is 0. The standard InChI is InChI=1S/C10H19N3O3S/c1-8(7-15-3)16-10-13-12-9(17-10)6-11-4-5-14-2/h8,11H,4-7H2,1-3H3. The highest BCUT2D eigenvalue weighted by Crippen LogP contribution is 2.18. The van der Waals surface area contributed by atoms with Crippen molar-refractivity contribution in [1.82, 2.24) is 15.5 Å². The van der Waals surface area contributed by atoms with Crippen LogP contribution in [0.1, 0.15) is 11.9 Å². The summed E-state index contributed by atoms with van der Waals surface area (Å²) < 4.78 is 15.4. The third-order valence-corrected chi connectivity index (χ3v) is 2.72. The summed E-state index contributed by atoms with van der Waals surface area (Å²) >= 11 is 1.44. The van der Waals surface area contributed by atoms with Gasteiger partial charge in [-0.2, -0.15) is 0 Å². The molecule has 1 unspecified atom stereocenters. The first kappa shape index (κ1) is 14.3. The van der Waals surface area contributed by atoms with Gasteiger partial charge in [-0.1, -0.05) is 16.4 Å². The average molecular weight is 261 g/mol. The van der Waals surface area contributed by atoms with Gasteiger partial charge in [0.1, 0.15) is 11.1 Å². The summed E-state index contributed by atoms with van der Waals surface area (Å²) in [7, 11) is 3.32. The van der Waals surface area contributed by atoms with Gasteiger partial charge in [0.2, 0.25) is 0 Å². The number of nitrogens with one attached hydrogen (secondary N) is 1. The quantitative estimate of drug-likeness (QED) is 0.660. The van der Waals surface area contributed by atoms with Crippen molar-refractivity contribution in [3.8, 4) is 5.19 Å². The van der Waals surface area contributed by atoms with Crippen LogP contribution >= 0.6 is 11.3 Å². The van der Waals surface area contributed by atoms with Crippen molar-refractivity contribution in [3.63, 3.8) is 0 Å². The zero-order valence-electron chi connectivity index (χ0n) is 10.4. The molecule has 0 bridgehead atoms. The molecule has 0 saturated heterocycles. The summed E-state index contributed by atoms with van der Waals surface area (Å²) in [6.07, 6.45) is -0.0118. The molecule has 0 aliphatic rings. The number of methoxy groups -OCH3 is 2. The topological polar surface area (TPSA) is 65.5 Å². The maximum absolute atomic E-state index is 5.53. The predicted octanol–water partition coefficient (Wildman–Crippen LogP) is 0.688. The molecule has 1 heterocycles. The van der Waals surface area contributed by atoms with Crippen molar-refractivity contribution < 1.29 is 14.2 Å². The van der Waals surface area contributed by atoms with E-state index in [1.807, 2.05) is 6.92 Å². The Balaban J connectivity index is 2.27. The summed E-state index contributed by atoms with van der Waals surface area (Å²) in [6.45, 7) is 4.64. The highest BCUT2D eigenvalue weighted by atomic mass is 32.1. The Labute approximate surface area is 105 Å². The van der Waals surface area contributed by atoms with Gasteiger partial charge in [0.05, 0.1) is 13.2 Å². The second-order valence-electron chi connectivity index (χ2n) is 3.52. The van der Waals surface area contributed by atoms with Gasteiger partial charge in [-0.05, 0) is 6.92 Å². The van der Waals surface area contributed by atoms with E-state index in [4.69, 9.17) is 14.2 Å². The molecule has 1 aromatic rings. The third kappa shape index (κ3) is 5.92. The molecule has 0 amide bonds. The monoisotopic (exact) mass is 261 g/mol. The van der Waals surface area contributed by atoms with Crippen LogP contribution in [0.5, 0.6) is 5.19 Å². The van der Waals surface area contributed by atoms with Crippen LogP contribution < -0.4 is 10.1 Å². The van der Waals surface area contributed by atoms with Crippen molar-refractivity contribution in [2.24, 2.45) is 0 Å². The van der Waals surface area contributed by atoms with E-state index in [2.05, 4.69) is 15.5 Å². The van der Waals surface area contributed by atoms with Crippen LogP contribution in [0.2, 0.25) is 0 Å². The molecular formula is C10H19N3O3S. The smallest absolute Gasteiger partial charge is 0.294 e. The molecular weight excluding hydrogens is 242 g/mol. The molecule has 98 valence electrons. The van der Waals surface area contributed by atoms with Gasteiger partial charge in [-0.3, -0.25) is 0 Å². The lowest BCUT2D eigenvalue weighted by Crippen LogP contribution is -2.18. The Kier molecular flexibility index (Phi) is 7.02. The van der Waals surface area contributed by atoms with E-state index in [1.165, 1.54) is 11.3 Å². The molecule has 0 aromatic carbocycles. The Morgan fingerprint density at radius 2 is 2.12 bits per heavy atom. The van der Waals surface area contributed by atoms with Crippen LogP contribution in [0.25, 0.3) is 0 Å². The highest BCUT2D eigenvalue weighted by molar-refractivity contribution is 7.13. The van der Waals surface area contributed by atoms with E-state index in [9.17, 15) is 0 Å². The molecule has 1 rings (SSSR count). The zero-order chi connectivity index (χ0) is 12.5. The van der Waals surface area contributed by atoms with Crippen LogP contribution in [0.15, 0.2) is 0 Å². The molecule has 17 heavy (non-hydrogen) atoms. The Morgan fingerprint density at radius 3 is 2.82 bits per heavy atom. The number of ether oxygens (including phenoxy) is 3. The van der Waals surface area contributed by atoms with Crippen LogP contribution in [0.3, 0.4) is 0 Å². The largest absolute Gasteiger partial charge is 0.463 e. The summed E-state index contributed by atoms with van der Waals surface area (Å²) in [5, 5.41) is 12.7. The average Bonchev–Trinajstić information content (AvgIpc) is 2.72. The van der Waals surface area contributed by atoms with Crippen molar-refractivity contribution in [2.75, 3.05) is 34.0 Å². The van der Waals surface area contributed by atoms with E-state index < -0.39 is 0 Å². The van der Waals surface area contributed by atoms with Crippen molar-refractivity contribution >= 4 is 11.3 Å². The Morgan fingerprint density at radius 1 is 1.29 bits per heavy atom. The first-order valence-corrected chi connectivity index (χ1v) is 6.25. The van der Waals surface area contributed by atoms with Gasteiger partial charge in [0, 0.05) is 27.3 Å². The molecule has 0 aliphatic carbocycles. The van der Waals surface area contributed by atoms with Gasteiger partial charge in [-0.15, -0.1) is 5.10 Å².